The zero-order valence-electron chi connectivity index (χ0n) is 18.0. The quantitative estimate of drug-likeness (QED) is 0.517. The predicted molar refractivity (Wildman–Crippen MR) is 117 cm³/mol. The Hall–Kier alpha value is -2.61. The molecule has 8 nitrogen and oxygen atoms in total. The van der Waals surface area contributed by atoms with Crippen molar-refractivity contribution in [3.05, 3.63) is 23.9 Å². The van der Waals surface area contributed by atoms with Crippen LogP contribution in [0.4, 0.5) is 0 Å². The molecule has 1 saturated heterocycles. The fourth-order valence-corrected chi connectivity index (χ4v) is 3.88. The Morgan fingerprint density at radius 2 is 2.07 bits per heavy atom. The molecule has 3 rings (SSSR count). The minimum atomic E-state index is -0.142. The van der Waals surface area contributed by atoms with Gasteiger partial charge in [0.05, 0.1) is 12.6 Å². The zero-order valence-corrected chi connectivity index (χ0v) is 18.0. The highest BCUT2D eigenvalue weighted by Crippen LogP contribution is 2.22. The van der Waals surface area contributed by atoms with Crippen molar-refractivity contribution in [3.63, 3.8) is 0 Å². The van der Waals surface area contributed by atoms with E-state index in [-0.39, 0.29) is 11.8 Å². The lowest BCUT2D eigenvalue weighted by Gasteiger charge is -2.32. The van der Waals surface area contributed by atoms with Gasteiger partial charge in [0, 0.05) is 31.0 Å². The summed E-state index contributed by atoms with van der Waals surface area (Å²) in [5.74, 6) is 1.22. The van der Waals surface area contributed by atoms with Crippen LogP contribution in [-0.2, 0) is 4.79 Å². The maximum Gasteiger partial charge on any atom is 0.272 e. The van der Waals surface area contributed by atoms with Crippen LogP contribution in [0, 0.1) is 5.92 Å². The number of nitrogens with zero attached hydrogens (tertiary/aromatic N) is 2. The van der Waals surface area contributed by atoms with Crippen LogP contribution in [0.25, 0.3) is 10.9 Å². The van der Waals surface area contributed by atoms with E-state index in [2.05, 4.69) is 25.7 Å². The van der Waals surface area contributed by atoms with Crippen molar-refractivity contribution in [2.75, 3.05) is 39.8 Å². The van der Waals surface area contributed by atoms with Crippen molar-refractivity contribution in [1.82, 2.24) is 25.7 Å². The Labute approximate surface area is 177 Å². The zero-order chi connectivity index (χ0) is 21.3. The topological polar surface area (TPSA) is 99.4 Å². The number of methoxy groups -OCH3 is 1. The van der Waals surface area contributed by atoms with Gasteiger partial charge >= 0.3 is 0 Å². The Morgan fingerprint density at radius 3 is 2.80 bits per heavy atom. The highest BCUT2D eigenvalue weighted by Gasteiger charge is 2.21. The number of H-pyrrole nitrogens is 1. The predicted octanol–water partition coefficient (Wildman–Crippen LogP) is 2.32. The molecule has 30 heavy (non-hydrogen) atoms. The van der Waals surface area contributed by atoms with Crippen molar-refractivity contribution in [3.8, 4) is 5.75 Å². The molecule has 0 unspecified atom stereocenters. The van der Waals surface area contributed by atoms with Crippen LogP contribution < -0.4 is 15.4 Å². The molecule has 0 atom stereocenters. The number of rotatable bonds is 10. The van der Waals surface area contributed by atoms with Gasteiger partial charge in [0.2, 0.25) is 5.91 Å². The van der Waals surface area contributed by atoms with Gasteiger partial charge in [-0.3, -0.25) is 14.7 Å². The first-order chi connectivity index (χ1) is 14.6. The first-order valence-corrected chi connectivity index (χ1v) is 10.9. The molecule has 164 valence electrons. The lowest BCUT2D eigenvalue weighted by Crippen LogP contribution is -2.39. The number of fused-ring (bicyclic) bond motifs is 1. The molecular formula is C22H33N5O3. The normalized spacial score (nSPS) is 15.3. The second-order valence-corrected chi connectivity index (χ2v) is 7.93. The van der Waals surface area contributed by atoms with Gasteiger partial charge in [-0.25, -0.2) is 0 Å². The molecular weight excluding hydrogens is 382 g/mol. The fourth-order valence-electron chi connectivity index (χ4n) is 3.88. The maximum atomic E-state index is 12.6. The van der Waals surface area contributed by atoms with E-state index in [9.17, 15) is 9.59 Å². The Kier molecular flexibility index (Phi) is 8.07. The summed E-state index contributed by atoms with van der Waals surface area (Å²) in [7, 11) is 1.61. The van der Waals surface area contributed by atoms with E-state index in [0.717, 1.165) is 68.5 Å². The number of likely N-dealkylation sites (tertiary alicyclic amines) is 1. The lowest BCUT2D eigenvalue weighted by molar-refractivity contribution is -0.121. The van der Waals surface area contributed by atoms with Crippen molar-refractivity contribution >= 4 is 22.7 Å². The van der Waals surface area contributed by atoms with E-state index in [0.29, 0.717) is 24.6 Å². The summed E-state index contributed by atoms with van der Waals surface area (Å²) in [6.45, 7) is 6.51. The van der Waals surface area contributed by atoms with Crippen LogP contribution in [0.2, 0.25) is 0 Å². The van der Waals surface area contributed by atoms with Crippen LogP contribution in [0.15, 0.2) is 18.2 Å². The van der Waals surface area contributed by atoms with Gasteiger partial charge < -0.3 is 20.3 Å². The molecule has 1 aromatic carbocycles. The summed E-state index contributed by atoms with van der Waals surface area (Å²) < 4.78 is 5.21. The molecule has 8 heteroatoms. The molecule has 1 aliphatic rings. The molecule has 2 aromatic rings. The van der Waals surface area contributed by atoms with Crippen molar-refractivity contribution in [2.24, 2.45) is 5.92 Å². The maximum absolute atomic E-state index is 12.6. The molecule has 0 saturated carbocycles. The first-order valence-electron chi connectivity index (χ1n) is 10.9. The molecule has 1 aliphatic heterocycles. The van der Waals surface area contributed by atoms with E-state index >= 15 is 0 Å². The summed E-state index contributed by atoms with van der Waals surface area (Å²) in [6.07, 6.45) is 4.62. The summed E-state index contributed by atoms with van der Waals surface area (Å²) in [5, 5.41) is 13.9. The number of piperidine rings is 1. The third-order valence-electron chi connectivity index (χ3n) is 5.69. The van der Waals surface area contributed by atoms with E-state index < -0.39 is 0 Å². The SMILES string of the molecule is CCCC(=O)NCCCN1CCC(CNC(=O)c2n[nH]c3cc(OC)ccc23)CC1. The number of hydrogen-bond donors (Lipinski definition) is 3. The monoisotopic (exact) mass is 415 g/mol. The first kappa shape index (κ1) is 22.1. The van der Waals surface area contributed by atoms with Crippen LogP contribution in [0.1, 0.15) is 49.5 Å². The minimum Gasteiger partial charge on any atom is -0.497 e. The molecule has 3 N–H and O–H groups in total. The highest BCUT2D eigenvalue weighted by atomic mass is 16.5. The molecule has 0 radical (unpaired) electrons. The van der Waals surface area contributed by atoms with Gasteiger partial charge in [0.25, 0.3) is 5.91 Å². The van der Waals surface area contributed by atoms with Gasteiger partial charge in [-0.1, -0.05) is 6.92 Å². The minimum absolute atomic E-state index is 0.142. The molecule has 2 amide bonds. The van der Waals surface area contributed by atoms with Gasteiger partial charge in [-0.2, -0.15) is 5.10 Å². The average Bonchev–Trinajstić information content (AvgIpc) is 3.19. The van der Waals surface area contributed by atoms with E-state index in [1.54, 1.807) is 7.11 Å². The number of carbonyl (C=O) groups excluding carboxylic acids is 2. The number of nitrogens with one attached hydrogen (secondary N) is 3. The van der Waals surface area contributed by atoms with Gasteiger partial charge in [0.1, 0.15) is 5.75 Å². The van der Waals surface area contributed by atoms with Crippen LogP contribution >= 0.6 is 0 Å². The highest BCUT2D eigenvalue weighted by molar-refractivity contribution is 6.04. The third kappa shape index (κ3) is 5.95. The van der Waals surface area contributed by atoms with Crippen molar-refractivity contribution in [2.45, 2.75) is 39.0 Å². The Bertz CT molecular complexity index is 842. The molecule has 2 heterocycles. The van der Waals surface area contributed by atoms with Gasteiger partial charge in [-0.05, 0) is 63.4 Å². The van der Waals surface area contributed by atoms with Gasteiger partial charge in [-0.15, -0.1) is 0 Å². The fraction of sp³-hybridized carbons (Fsp3) is 0.591. The summed E-state index contributed by atoms with van der Waals surface area (Å²) in [6, 6.07) is 5.53. The van der Waals surface area contributed by atoms with Crippen LogP contribution in [0.5, 0.6) is 5.75 Å². The van der Waals surface area contributed by atoms with Crippen LogP contribution in [-0.4, -0.2) is 66.7 Å². The molecule has 0 bridgehead atoms. The largest absolute Gasteiger partial charge is 0.497 e. The number of ether oxygens (including phenoxy) is 1. The Balaban J connectivity index is 1.36. The summed E-state index contributed by atoms with van der Waals surface area (Å²) in [4.78, 5) is 26.5. The van der Waals surface area contributed by atoms with E-state index in [4.69, 9.17) is 4.74 Å². The van der Waals surface area contributed by atoms with Crippen molar-refractivity contribution in [1.29, 1.82) is 0 Å². The summed E-state index contributed by atoms with van der Waals surface area (Å²) in [5.41, 5.74) is 1.22. The molecule has 1 aromatic heterocycles. The number of aromatic amines is 1. The summed E-state index contributed by atoms with van der Waals surface area (Å²) >= 11 is 0. The molecule has 1 fully saturated rings. The smallest absolute Gasteiger partial charge is 0.272 e. The second kappa shape index (κ2) is 11.0. The average molecular weight is 416 g/mol. The second-order valence-electron chi connectivity index (χ2n) is 7.93. The number of carbonyl (C=O) groups is 2. The lowest BCUT2D eigenvalue weighted by atomic mass is 9.96. The molecule has 0 aliphatic carbocycles. The third-order valence-corrected chi connectivity index (χ3v) is 5.69. The molecule has 0 spiro atoms. The standard InChI is InChI=1S/C22H33N5O3/c1-3-5-20(28)23-10-4-11-27-12-8-16(9-13-27)15-24-22(29)21-18-7-6-17(30-2)14-19(18)25-26-21/h6-7,14,16H,3-5,8-13,15H2,1-2H3,(H,23,28)(H,24,29)(H,25,26). The van der Waals surface area contributed by atoms with E-state index in [1.807, 2.05) is 25.1 Å². The number of aromatic nitrogens is 2. The number of hydrogen-bond acceptors (Lipinski definition) is 5. The number of amides is 2. The number of benzene rings is 1. The van der Waals surface area contributed by atoms with E-state index in [1.165, 1.54) is 0 Å². The Morgan fingerprint density at radius 1 is 1.27 bits per heavy atom. The van der Waals surface area contributed by atoms with Crippen LogP contribution in [0.3, 0.4) is 0 Å². The van der Waals surface area contributed by atoms with Crippen molar-refractivity contribution < 1.29 is 14.3 Å². The van der Waals surface area contributed by atoms with Gasteiger partial charge in [0.15, 0.2) is 5.69 Å².